The highest BCUT2D eigenvalue weighted by molar-refractivity contribution is 5.91. The molecule has 1 aliphatic rings. The molecule has 2 unspecified atom stereocenters. The van der Waals surface area contributed by atoms with Gasteiger partial charge in [-0.3, -0.25) is 9.59 Å². The quantitative estimate of drug-likeness (QED) is 0.704. The van der Waals surface area contributed by atoms with Gasteiger partial charge in [0.25, 0.3) is 0 Å². The number of methoxy groups -OCH3 is 1. The van der Waals surface area contributed by atoms with E-state index in [1.54, 1.807) is 13.0 Å². The molecule has 0 aliphatic carbocycles. The fraction of sp³-hybridized carbons (Fsp3) is 0.556. The first kappa shape index (κ1) is 19.4. The van der Waals surface area contributed by atoms with Crippen LogP contribution >= 0.6 is 0 Å². The van der Waals surface area contributed by atoms with Gasteiger partial charge in [-0.05, 0) is 37.5 Å². The summed E-state index contributed by atoms with van der Waals surface area (Å²) >= 11 is 0. The molecule has 1 fully saturated rings. The number of rotatable bonds is 9. The smallest absolute Gasteiger partial charge is 0.250 e. The Morgan fingerprint density at radius 2 is 2.24 bits per heavy atom. The van der Waals surface area contributed by atoms with Crippen molar-refractivity contribution in [3.05, 3.63) is 29.8 Å². The Morgan fingerprint density at radius 3 is 2.96 bits per heavy atom. The van der Waals surface area contributed by atoms with E-state index < -0.39 is 6.10 Å². The fourth-order valence-electron chi connectivity index (χ4n) is 2.52. The summed E-state index contributed by atoms with van der Waals surface area (Å²) in [6, 6.07) is 7.30. The standard InChI is InChI=1S/C18H26N2O5/c1-13(25-11-16-7-4-8-24-16)18(22)19-10-14-5-3-6-15(9-14)20-17(21)12-23-2/h3,5-6,9,13,16H,4,7-8,10-12H2,1-2H3,(H,19,22)(H,20,21). The minimum atomic E-state index is -0.534. The highest BCUT2D eigenvalue weighted by Gasteiger charge is 2.19. The average Bonchev–Trinajstić information content (AvgIpc) is 3.11. The maximum Gasteiger partial charge on any atom is 0.250 e. The Bertz CT molecular complexity index is 572. The van der Waals surface area contributed by atoms with Gasteiger partial charge in [0.2, 0.25) is 11.8 Å². The fourth-order valence-corrected chi connectivity index (χ4v) is 2.52. The molecule has 7 heteroatoms. The van der Waals surface area contributed by atoms with Gasteiger partial charge in [-0.2, -0.15) is 0 Å². The van der Waals surface area contributed by atoms with Gasteiger partial charge in [0.15, 0.2) is 0 Å². The van der Waals surface area contributed by atoms with Gasteiger partial charge in [-0.25, -0.2) is 0 Å². The number of benzene rings is 1. The molecule has 1 aromatic rings. The van der Waals surface area contributed by atoms with E-state index in [0.29, 0.717) is 18.8 Å². The van der Waals surface area contributed by atoms with Crippen molar-refractivity contribution in [1.82, 2.24) is 5.32 Å². The first-order chi connectivity index (χ1) is 12.1. The minimum absolute atomic E-state index is 0.000521. The van der Waals surface area contributed by atoms with Crippen LogP contribution in [0.3, 0.4) is 0 Å². The number of carbonyl (C=O) groups excluding carboxylic acids is 2. The third kappa shape index (κ3) is 6.81. The highest BCUT2D eigenvalue weighted by atomic mass is 16.5. The number of hydrogen-bond donors (Lipinski definition) is 2. The van der Waals surface area contributed by atoms with Gasteiger partial charge in [-0.15, -0.1) is 0 Å². The SMILES string of the molecule is COCC(=O)Nc1cccc(CNC(=O)C(C)OCC2CCCO2)c1. The van der Waals surface area contributed by atoms with Gasteiger partial charge in [-0.1, -0.05) is 12.1 Å². The number of ether oxygens (including phenoxy) is 3. The first-order valence-corrected chi connectivity index (χ1v) is 8.47. The van der Waals surface area contributed by atoms with Crippen molar-refractivity contribution in [1.29, 1.82) is 0 Å². The molecule has 1 heterocycles. The number of hydrogen-bond acceptors (Lipinski definition) is 5. The van der Waals surface area contributed by atoms with Crippen LogP contribution in [0.2, 0.25) is 0 Å². The third-order valence-electron chi connectivity index (χ3n) is 3.88. The molecule has 7 nitrogen and oxygen atoms in total. The number of nitrogens with one attached hydrogen (secondary N) is 2. The maximum atomic E-state index is 12.1. The van der Waals surface area contributed by atoms with Crippen molar-refractivity contribution < 1.29 is 23.8 Å². The normalized spacial score (nSPS) is 17.9. The van der Waals surface area contributed by atoms with Crippen LogP contribution in [0.15, 0.2) is 24.3 Å². The Morgan fingerprint density at radius 1 is 1.40 bits per heavy atom. The maximum absolute atomic E-state index is 12.1. The second kappa shape index (κ2) is 10.1. The lowest BCUT2D eigenvalue weighted by Gasteiger charge is -2.16. The van der Waals surface area contributed by atoms with Crippen molar-refractivity contribution in [2.45, 2.75) is 38.5 Å². The van der Waals surface area contributed by atoms with Crippen LogP contribution in [0.5, 0.6) is 0 Å². The van der Waals surface area contributed by atoms with E-state index in [0.717, 1.165) is 25.0 Å². The largest absolute Gasteiger partial charge is 0.376 e. The lowest BCUT2D eigenvalue weighted by atomic mass is 10.2. The van der Waals surface area contributed by atoms with E-state index in [9.17, 15) is 9.59 Å². The van der Waals surface area contributed by atoms with E-state index in [2.05, 4.69) is 10.6 Å². The van der Waals surface area contributed by atoms with E-state index >= 15 is 0 Å². The van der Waals surface area contributed by atoms with Crippen molar-refractivity contribution in [3.63, 3.8) is 0 Å². The van der Waals surface area contributed by atoms with Crippen LogP contribution < -0.4 is 10.6 Å². The molecule has 2 atom stereocenters. The van der Waals surface area contributed by atoms with E-state index in [1.165, 1.54) is 7.11 Å². The van der Waals surface area contributed by atoms with Crippen molar-refractivity contribution in [2.75, 3.05) is 32.2 Å². The molecule has 2 rings (SSSR count). The zero-order valence-electron chi connectivity index (χ0n) is 14.7. The lowest BCUT2D eigenvalue weighted by molar-refractivity contribution is -0.133. The highest BCUT2D eigenvalue weighted by Crippen LogP contribution is 2.13. The summed E-state index contributed by atoms with van der Waals surface area (Å²) in [5.41, 5.74) is 1.55. The molecular weight excluding hydrogens is 324 g/mol. The Hall–Kier alpha value is -1.96. The topological polar surface area (TPSA) is 85.9 Å². The van der Waals surface area contributed by atoms with Crippen molar-refractivity contribution in [2.24, 2.45) is 0 Å². The molecule has 2 N–H and O–H groups in total. The molecule has 0 saturated carbocycles. The van der Waals surface area contributed by atoms with E-state index in [1.807, 2.05) is 18.2 Å². The van der Waals surface area contributed by atoms with Crippen LogP contribution in [0.4, 0.5) is 5.69 Å². The summed E-state index contributed by atoms with van der Waals surface area (Å²) in [6.07, 6.45) is 1.60. The molecular formula is C18H26N2O5. The predicted molar refractivity (Wildman–Crippen MR) is 93.2 cm³/mol. The predicted octanol–water partition coefficient (Wildman–Crippen LogP) is 1.47. The van der Waals surface area contributed by atoms with Gasteiger partial charge in [0.05, 0.1) is 12.7 Å². The molecule has 0 radical (unpaired) electrons. The Labute approximate surface area is 148 Å². The molecule has 25 heavy (non-hydrogen) atoms. The van der Waals surface area contributed by atoms with Crippen LogP contribution in [-0.4, -0.2) is 51.0 Å². The van der Waals surface area contributed by atoms with Gasteiger partial charge >= 0.3 is 0 Å². The molecule has 1 saturated heterocycles. The van der Waals surface area contributed by atoms with Gasteiger partial charge in [0, 0.05) is 25.9 Å². The third-order valence-corrected chi connectivity index (χ3v) is 3.88. The number of anilines is 1. The summed E-state index contributed by atoms with van der Waals surface area (Å²) in [7, 11) is 1.47. The van der Waals surface area contributed by atoms with Crippen LogP contribution in [0.1, 0.15) is 25.3 Å². The Kier molecular flexibility index (Phi) is 7.84. The monoisotopic (exact) mass is 350 g/mol. The summed E-state index contributed by atoms with van der Waals surface area (Å²) in [4.78, 5) is 23.6. The first-order valence-electron chi connectivity index (χ1n) is 8.47. The molecule has 1 aromatic carbocycles. The van der Waals surface area contributed by atoms with E-state index in [-0.39, 0.29) is 24.5 Å². The molecule has 1 aliphatic heterocycles. The van der Waals surface area contributed by atoms with Crippen molar-refractivity contribution >= 4 is 17.5 Å². The second-order valence-electron chi connectivity index (χ2n) is 6.01. The number of carbonyl (C=O) groups is 2. The zero-order valence-corrected chi connectivity index (χ0v) is 14.7. The lowest BCUT2D eigenvalue weighted by Crippen LogP contribution is -2.35. The molecule has 2 amide bonds. The Balaban J connectivity index is 1.75. The minimum Gasteiger partial charge on any atom is -0.376 e. The molecule has 0 spiro atoms. The summed E-state index contributed by atoms with van der Waals surface area (Å²) < 4.78 is 15.8. The summed E-state index contributed by atoms with van der Waals surface area (Å²) in [5, 5.41) is 5.57. The second-order valence-corrected chi connectivity index (χ2v) is 6.01. The van der Waals surface area contributed by atoms with E-state index in [4.69, 9.17) is 14.2 Å². The molecule has 0 bridgehead atoms. The van der Waals surface area contributed by atoms with Crippen LogP contribution in [0.25, 0.3) is 0 Å². The summed E-state index contributed by atoms with van der Waals surface area (Å²) in [6.45, 7) is 3.30. The molecule has 138 valence electrons. The molecule has 0 aromatic heterocycles. The van der Waals surface area contributed by atoms with Crippen LogP contribution in [-0.2, 0) is 30.3 Å². The average molecular weight is 350 g/mol. The zero-order chi connectivity index (χ0) is 18.1. The van der Waals surface area contributed by atoms with Gasteiger partial charge < -0.3 is 24.8 Å². The number of amides is 2. The van der Waals surface area contributed by atoms with Crippen LogP contribution in [0, 0.1) is 0 Å². The van der Waals surface area contributed by atoms with Crippen molar-refractivity contribution in [3.8, 4) is 0 Å². The van der Waals surface area contributed by atoms with Gasteiger partial charge in [0.1, 0.15) is 12.7 Å². The summed E-state index contributed by atoms with van der Waals surface area (Å²) in [5.74, 6) is -0.397.